The summed E-state index contributed by atoms with van der Waals surface area (Å²) in [5, 5.41) is 11.5. The molecule has 92 valence electrons. The van der Waals surface area contributed by atoms with Crippen LogP contribution in [0.25, 0.3) is 0 Å². The van der Waals surface area contributed by atoms with E-state index >= 15 is 0 Å². The number of carbonyl (C=O) groups is 1. The van der Waals surface area contributed by atoms with E-state index in [-0.39, 0.29) is 17.7 Å². The zero-order valence-corrected chi connectivity index (χ0v) is 10.9. The van der Waals surface area contributed by atoms with Crippen LogP contribution in [0.3, 0.4) is 0 Å². The van der Waals surface area contributed by atoms with Gasteiger partial charge in [-0.05, 0) is 15.9 Å². The van der Waals surface area contributed by atoms with E-state index in [1.807, 2.05) is 0 Å². The minimum absolute atomic E-state index is 0.230. The van der Waals surface area contributed by atoms with Gasteiger partial charge in [0.25, 0.3) is 11.5 Å². The highest BCUT2D eigenvalue weighted by Crippen LogP contribution is 2.13. The quantitative estimate of drug-likeness (QED) is 0.792. The number of nitrogens with one attached hydrogen (secondary N) is 1. The van der Waals surface area contributed by atoms with E-state index < -0.39 is 11.9 Å². The maximum absolute atomic E-state index is 11.8. The van der Waals surface area contributed by atoms with Gasteiger partial charge in [-0.25, -0.2) is 0 Å². The molecule has 0 radical (unpaired) electrons. The number of hydrogen-bond acceptors (Lipinski definition) is 3. The first kappa shape index (κ1) is 13.7. The Bertz CT molecular complexity index is 496. The molecule has 1 aromatic heterocycles. The summed E-state index contributed by atoms with van der Waals surface area (Å²) in [4.78, 5) is 23.2. The third kappa shape index (κ3) is 3.28. The average Bonchev–Trinajstić information content (AvgIpc) is 2.30. The molecule has 1 aromatic rings. The predicted molar refractivity (Wildman–Crippen MR) is 67.9 cm³/mol. The molecule has 0 saturated carbocycles. The van der Waals surface area contributed by atoms with Crippen molar-refractivity contribution < 1.29 is 9.90 Å². The van der Waals surface area contributed by atoms with Crippen molar-refractivity contribution in [2.45, 2.75) is 6.04 Å². The lowest BCUT2D eigenvalue weighted by Gasteiger charge is -2.12. The van der Waals surface area contributed by atoms with Crippen LogP contribution < -0.4 is 10.9 Å². The van der Waals surface area contributed by atoms with Crippen molar-refractivity contribution in [1.82, 2.24) is 9.88 Å². The van der Waals surface area contributed by atoms with E-state index in [1.165, 1.54) is 22.9 Å². The number of aliphatic hydroxyl groups is 1. The summed E-state index contributed by atoms with van der Waals surface area (Å²) in [6.07, 6.45) is 2.94. The molecule has 1 atom stereocenters. The maximum Gasteiger partial charge on any atom is 0.253 e. The van der Waals surface area contributed by atoms with E-state index in [0.717, 1.165) is 0 Å². The number of aromatic nitrogens is 1. The van der Waals surface area contributed by atoms with Crippen LogP contribution in [0.1, 0.15) is 10.4 Å². The molecule has 0 spiro atoms. The van der Waals surface area contributed by atoms with Gasteiger partial charge in [-0.3, -0.25) is 9.59 Å². The first-order valence-electron chi connectivity index (χ1n) is 4.90. The van der Waals surface area contributed by atoms with Gasteiger partial charge in [-0.15, -0.1) is 6.58 Å². The molecule has 0 saturated heterocycles. The number of hydrogen-bond donors (Lipinski definition) is 2. The maximum atomic E-state index is 11.8. The summed E-state index contributed by atoms with van der Waals surface area (Å²) < 4.78 is 1.87. The minimum Gasteiger partial charge on any atom is -0.394 e. The van der Waals surface area contributed by atoms with Crippen LogP contribution >= 0.6 is 15.9 Å². The van der Waals surface area contributed by atoms with Crippen molar-refractivity contribution in [2.24, 2.45) is 7.05 Å². The van der Waals surface area contributed by atoms with Gasteiger partial charge in [0, 0.05) is 23.8 Å². The first-order chi connectivity index (χ1) is 7.99. The van der Waals surface area contributed by atoms with Crippen molar-refractivity contribution in [3.05, 3.63) is 45.3 Å². The van der Waals surface area contributed by atoms with Crippen LogP contribution in [0.4, 0.5) is 0 Å². The molecule has 2 N–H and O–H groups in total. The van der Waals surface area contributed by atoms with Crippen molar-refractivity contribution in [3.63, 3.8) is 0 Å². The highest BCUT2D eigenvalue weighted by Gasteiger charge is 2.14. The van der Waals surface area contributed by atoms with Crippen LogP contribution in [-0.2, 0) is 7.05 Å². The Hall–Kier alpha value is -1.40. The highest BCUT2D eigenvalue weighted by atomic mass is 79.9. The van der Waals surface area contributed by atoms with Crippen molar-refractivity contribution in [2.75, 3.05) is 6.61 Å². The average molecular weight is 301 g/mol. The van der Waals surface area contributed by atoms with E-state index in [0.29, 0.717) is 4.47 Å². The second-order valence-electron chi connectivity index (χ2n) is 3.48. The Balaban J connectivity index is 3.01. The van der Waals surface area contributed by atoms with Gasteiger partial charge in [-0.2, -0.15) is 0 Å². The smallest absolute Gasteiger partial charge is 0.253 e. The molecule has 0 fully saturated rings. The zero-order chi connectivity index (χ0) is 13.0. The van der Waals surface area contributed by atoms with E-state index in [1.54, 1.807) is 7.05 Å². The van der Waals surface area contributed by atoms with Crippen LogP contribution in [0, 0.1) is 0 Å². The van der Waals surface area contributed by atoms with Crippen molar-refractivity contribution in [3.8, 4) is 0 Å². The Kier molecular flexibility index (Phi) is 4.65. The summed E-state index contributed by atoms with van der Waals surface area (Å²) in [6, 6.07) is 0.704. The molecule has 1 rings (SSSR count). The molecule has 5 nitrogen and oxygen atoms in total. The SMILES string of the molecule is C=C[C@H](CO)NC(=O)c1cc(=O)n(C)cc1Br. The van der Waals surface area contributed by atoms with Gasteiger partial charge in [-0.1, -0.05) is 6.08 Å². The highest BCUT2D eigenvalue weighted by molar-refractivity contribution is 9.10. The van der Waals surface area contributed by atoms with Crippen molar-refractivity contribution in [1.29, 1.82) is 0 Å². The molecule has 6 heteroatoms. The van der Waals surface area contributed by atoms with Crippen LogP contribution in [0.15, 0.2) is 34.2 Å². The fourth-order valence-electron chi connectivity index (χ4n) is 1.20. The van der Waals surface area contributed by atoms with Gasteiger partial charge in [0.15, 0.2) is 0 Å². The predicted octanol–water partition coefficient (Wildman–Crippen LogP) is 0.425. The first-order valence-corrected chi connectivity index (χ1v) is 5.69. The largest absolute Gasteiger partial charge is 0.394 e. The summed E-state index contributed by atoms with van der Waals surface area (Å²) in [7, 11) is 1.59. The Morgan fingerprint density at radius 2 is 2.41 bits per heavy atom. The minimum atomic E-state index is -0.529. The number of aryl methyl sites for hydroxylation is 1. The fourth-order valence-corrected chi connectivity index (χ4v) is 1.80. The molecular formula is C11H13BrN2O3. The Morgan fingerprint density at radius 3 is 2.94 bits per heavy atom. The summed E-state index contributed by atoms with van der Waals surface area (Å²) >= 11 is 3.21. The third-order valence-electron chi connectivity index (χ3n) is 2.22. The fraction of sp³-hybridized carbons (Fsp3) is 0.273. The molecule has 17 heavy (non-hydrogen) atoms. The zero-order valence-electron chi connectivity index (χ0n) is 9.31. The normalized spacial score (nSPS) is 11.9. The lowest BCUT2D eigenvalue weighted by atomic mass is 10.2. The molecule has 1 amide bonds. The summed E-state index contributed by atoms with van der Waals surface area (Å²) in [5.41, 5.74) is -0.0501. The van der Waals surface area contributed by atoms with Gasteiger partial charge < -0.3 is 15.0 Å². The van der Waals surface area contributed by atoms with E-state index in [4.69, 9.17) is 5.11 Å². The van der Waals surface area contributed by atoms with Crippen molar-refractivity contribution >= 4 is 21.8 Å². The van der Waals surface area contributed by atoms with Gasteiger partial charge >= 0.3 is 0 Å². The van der Waals surface area contributed by atoms with E-state index in [2.05, 4.69) is 27.8 Å². The number of halogens is 1. The number of pyridine rings is 1. The molecule has 0 aliphatic heterocycles. The number of aliphatic hydroxyl groups excluding tert-OH is 1. The lowest BCUT2D eigenvalue weighted by molar-refractivity contribution is 0.0928. The van der Waals surface area contributed by atoms with Crippen LogP contribution in [0.2, 0.25) is 0 Å². The lowest BCUT2D eigenvalue weighted by Crippen LogP contribution is -2.36. The number of amides is 1. The third-order valence-corrected chi connectivity index (χ3v) is 2.85. The number of carbonyl (C=O) groups excluding carboxylic acids is 1. The number of rotatable bonds is 4. The molecule has 0 unspecified atom stereocenters. The molecule has 0 aromatic carbocycles. The molecular weight excluding hydrogens is 288 g/mol. The van der Waals surface area contributed by atoms with Crippen LogP contribution in [-0.4, -0.2) is 28.2 Å². The Labute approximate surface area is 107 Å². The molecule has 1 heterocycles. The summed E-state index contributed by atoms with van der Waals surface area (Å²) in [5.74, 6) is -0.437. The van der Waals surface area contributed by atoms with Crippen LogP contribution in [0.5, 0.6) is 0 Å². The molecule has 0 bridgehead atoms. The standard InChI is InChI=1S/C11H13BrN2O3/c1-3-7(6-15)13-11(17)8-4-10(16)14(2)5-9(8)12/h3-5,7,15H,1,6H2,2H3,(H,13,17)/t7-/m1/s1. The molecule has 0 aliphatic rings. The van der Waals surface area contributed by atoms with Gasteiger partial charge in [0.1, 0.15) is 0 Å². The van der Waals surface area contributed by atoms with Gasteiger partial charge in [0.2, 0.25) is 0 Å². The Morgan fingerprint density at radius 1 is 1.76 bits per heavy atom. The topological polar surface area (TPSA) is 71.3 Å². The molecule has 0 aliphatic carbocycles. The van der Waals surface area contributed by atoms with E-state index in [9.17, 15) is 9.59 Å². The summed E-state index contributed by atoms with van der Waals surface area (Å²) in [6.45, 7) is 3.24. The number of nitrogens with zero attached hydrogens (tertiary/aromatic N) is 1. The van der Waals surface area contributed by atoms with Gasteiger partial charge in [0.05, 0.1) is 18.2 Å². The second kappa shape index (κ2) is 5.79. The second-order valence-corrected chi connectivity index (χ2v) is 4.34. The monoisotopic (exact) mass is 300 g/mol.